The van der Waals surface area contributed by atoms with Crippen molar-refractivity contribution < 1.29 is 4.74 Å². The van der Waals surface area contributed by atoms with Crippen LogP contribution < -0.4 is 10.2 Å². The monoisotopic (exact) mass is 326 g/mol. The molecule has 0 atom stereocenters. The summed E-state index contributed by atoms with van der Waals surface area (Å²) in [7, 11) is 0. The third kappa shape index (κ3) is 3.31. The molecule has 2 aliphatic rings. The lowest BCUT2D eigenvalue weighted by atomic mass is 9.96. The second-order valence-electron chi connectivity index (χ2n) is 6.31. The first kappa shape index (κ1) is 15.3. The van der Waals surface area contributed by atoms with Crippen LogP contribution in [-0.4, -0.2) is 52.8 Å². The minimum atomic E-state index is 0.760. The van der Waals surface area contributed by atoms with Crippen LogP contribution in [-0.2, 0) is 4.74 Å². The molecule has 126 valence electrons. The Morgan fingerprint density at radius 3 is 2.83 bits per heavy atom. The van der Waals surface area contributed by atoms with Crippen LogP contribution >= 0.6 is 0 Å². The van der Waals surface area contributed by atoms with Crippen LogP contribution in [0.15, 0.2) is 24.9 Å². The summed E-state index contributed by atoms with van der Waals surface area (Å²) in [5.41, 5.74) is 1.71. The molecule has 0 radical (unpaired) electrons. The lowest BCUT2D eigenvalue weighted by molar-refractivity contribution is 0.0645. The smallest absolute Gasteiger partial charge is 0.172 e. The minimum Gasteiger partial charge on any atom is -0.381 e. The van der Waals surface area contributed by atoms with Gasteiger partial charge in [-0.2, -0.15) is 0 Å². The highest BCUT2D eigenvalue weighted by Gasteiger charge is 2.22. The average molecular weight is 326 g/mol. The van der Waals surface area contributed by atoms with Crippen LogP contribution in [0.4, 0.5) is 11.6 Å². The van der Waals surface area contributed by atoms with Gasteiger partial charge < -0.3 is 15.0 Å². The Morgan fingerprint density at radius 1 is 1.17 bits per heavy atom. The average Bonchev–Trinajstić information content (AvgIpc) is 2.67. The highest BCUT2D eigenvalue weighted by Crippen LogP contribution is 2.29. The van der Waals surface area contributed by atoms with Gasteiger partial charge in [0, 0.05) is 50.8 Å². The van der Waals surface area contributed by atoms with Crippen molar-refractivity contribution in [2.45, 2.75) is 19.3 Å². The van der Waals surface area contributed by atoms with Crippen molar-refractivity contribution in [1.29, 1.82) is 0 Å². The van der Waals surface area contributed by atoms with Gasteiger partial charge in [0.05, 0.1) is 11.9 Å². The molecule has 24 heavy (non-hydrogen) atoms. The van der Waals surface area contributed by atoms with Crippen molar-refractivity contribution >= 4 is 11.6 Å². The van der Waals surface area contributed by atoms with E-state index >= 15 is 0 Å². The van der Waals surface area contributed by atoms with Gasteiger partial charge in [0.1, 0.15) is 6.33 Å². The molecule has 2 aromatic heterocycles. The molecular formula is C17H22N6O. The summed E-state index contributed by atoms with van der Waals surface area (Å²) < 4.78 is 5.45. The van der Waals surface area contributed by atoms with E-state index in [1.807, 2.05) is 0 Å². The van der Waals surface area contributed by atoms with E-state index in [1.54, 1.807) is 18.6 Å². The van der Waals surface area contributed by atoms with Crippen molar-refractivity contribution in [1.82, 2.24) is 19.9 Å². The van der Waals surface area contributed by atoms with E-state index in [4.69, 9.17) is 9.72 Å². The van der Waals surface area contributed by atoms with Crippen molar-refractivity contribution in [3.63, 3.8) is 0 Å². The SMILES string of the molecule is c1ncc(-c2cnc3c(n2)N(CCC2CCOCC2)CCN3)cn1. The molecule has 1 saturated heterocycles. The fraction of sp³-hybridized carbons (Fsp3) is 0.529. The summed E-state index contributed by atoms with van der Waals surface area (Å²) in [6, 6.07) is 0. The number of nitrogens with zero attached hydrogens (tertiary/aromatic N) is 5. The van der Waals surface area contributed by atoms with Crippen LogP contribution in [0, 0.1) is 5.92 Å². The number of fused-ring (bicyclic) bond motifs is 1. The highest BCUT2D eigenvalue weighted by molar-refractivity contribution is 5.68. The Bertz CT molecular complexity index is 674. The number of rotatable bonds is 4. The molecule has 1 fully saturated rings. The fourth-order valence-electron chi connectivity index (χ4n) is 3.30. The van der Waals surface area contributed by atoms with E-state index in [2.05, 4.69) is 25.2 Å². The molecule has 0 amide bonds. The minimum absolute atomic E-state index is 0.760. The number of anilines is 2. The van der Waals surface area contributed by atoms with Gasteiger partial charge >= 0.3 is 0 Å². The van der Waals surface area contributed by atoms with Gasteiger partial charge in [0.2, 0.25) is 0 Å². The van der Waals surface area contributed by atoms with Gasteiger partial charge in [0.15, 0.2) is 11.6 Å². The van der Waals surface area contributed by atoms with E-state index in [0.29, 0.717) is 0 Å². The van der Waals surface area contributed by atoms with Crippen molar-refractivity contribution in [3.8, 4) is 11.3 Å². The molecule has 2 aliphatic heterocycles. The van der Waals surface area contributed by atoms with E-state index in [1.165, 1.54) is 25.6 Å². The summed E-state index contributed by atoms with van der Waals surface area (Å²) in [5, 5.41) is 3.34. The second kappa shape index (κ2) is 7.09. The van der Waals surface area contributed by atoms with Crippen LogP contribution in [0.25, 0.3) is 11.3 Å². The molecule has 0 aliphatic carbocycles. The number of ether oxygens (including phenoxy) is 1. The molecule has 0 unspecified atom stereocenters. The zero-order valence-electron chi connectivity index (χ0n) is 13.7. The predicted molar refractivity (Wildman–Crippen MR) is 91.9 cm³/mol. The fourth-order valence-corrected chi connectivity index (χ4v) is 3.30. The molecule has 0 aromatic carbocycles. The van der Waals surface area contributed by atoms with E-state index in [9.17, 15) is 0 Å². The van der Waals surface area contributed by atoms with Crippen molar-refractivity contribution in [2.24, 2.45) is 5.92 Å². The molecule has 7 heteroatoms. The van der Waals surface area contributed by atoms with Crippen LogP contribution in [0.2, 0.25) is 0 Å². The number of aromatic nitrogens is 4. The Hall–Kier alpha value is -2.28. The molecule has 4 heterocycles. The summed E-state index contributed by atoms with van der Waals surface area (Å²) in [5.74, 6) is 2.57. The summed E-state index contributed by atoms with van der Waals surface area (Å²) in [6.07, 6.45) is 10.4. The first-order chi connectivity index (χ1) is 11.9. The standard InChI is InChI=1S/C17H22N6O/c1(13-2-7-24-8-3-13)5-23-6-4-20-16-17(23)22-15(11-21-16)14-9-18-12-19-10-14/h9-13H,1-8H2,(H,20,21). The zero-order chi connectivity index (χ0) is 16.2. The number of hydrogen-bond acceptors (Lipinski definition) is 7. The largest absolute Gasteiger partial charge is 0.381 e. The lowest BCUT2D eigenvalue weighted by Gasteiger charge is -2.32. The van der Waals surface area contributed by atoms with Crippen LogP contribution in [0.1, 0.15) is 19.3 Å². The molecule has 0 spiro atoms. The molecule has 1 N–H and O–H groups in total. The third-order valence-electron chi connectivity index (χ3n) is 4.73. The van der Waals surface area contributed by atoms with E-state index < -0.39 is 0 Å². The molecular weight excluding hydrogens is 304 g/mol. The lowest BCUT2D eigenvalue weighted by Crippen LogP contribution is -2.37. The van der Waals surface area contributed by atoms with E-state index in [-0.39, 0.29) is 0 Å². The Balaban J connectivity index is 1.52. The van der Waals surface area contributed by atoms with Crippen molar-refractivity contribution in [3.05, 3.63) is 24.9 Å². The van der Waals surface area contributed by atoms with Crippen molar-refractivity contribution in [2.75, 3.05) is 43.1 Å². The first-order valence-electron chi connectivity index (χ1n) is 8.59. The Morgan fingerprint density at radius 2 is 2.00 bits per heavy atom. The van der Waals surface area contributed by atoms with Gasteiger partial charge in [-0.3, -0.25) is 0 Å². The third-order valence-corrected chi connectivity index (χ3v) is 4.73. The molecule has 0 bridgehead atoms. The molecule has 4 rings (SSSR count). The normalized spacial score (nSPS) is 18.1. The maximum atomic E-state index is 5.45. The van der Waals surface area contributed by atoms with Crippen LogP contribution in [0.3, 0.4) is 0 Å². The quantitative estimate of drug-likeness (QED) is 0.920. The van der Waals surface area contributed by atoms with Gasteiger partial charge in [-0.15, -0.1) is 0 Å². The first-order valence-corrected chi connectivity index (χ1v) is 8.59. The maximum Gasteiger partial charge on any atom is 0.172 e. The summed E-state index contributed by atoms with van der Waals surface area (Å²) in [4.78, 5) is 19.9. The Labute approximate surface area is 141 Å². The van der Waals surface area contributed by atoms with Gasteiger partial charge in [-0.05, 0) is 25.2 Å². The number of hydrogen-bond donors (Lipinski definition) is 1. The van der Waals surface area contributed by atoms with E-state index in [0.717, 1.165) is 61.7 Å². The number of nitrogens with one attached hydrogen (secondary N) is 1. The topological polar surface area (TPSA) is 76.1 Å². The zero-order valence-corrected chi connectivity index (χ0v) is 13.7. The van der Waals surface area contributed by atoms with Gasteiger partial charge in [-0.25, -0.2) is 19.9 Å². The molecule has 0 saturated carbocycles. The summed E-state index contributed by atoms with van der Waals surface area (Å²) >= 11 is 0. The molecule has 7 nitrogen and oxygen atoms in total. The Kier molecular flexibility index (Phi) is 4.51. The second-order valence-corrected chi connectivity index (χ2v) is 6.31. The predicted octanol–water partition coefficient (Wildman–Crippen LogP) is 1.98. The highest BCUT2D eigenvalue weighted by atomic mass is 16.5. The van der Waals surface area contributed by atoms with Crippen LogP contribution in [0.5, 0.6) is 0 Å². The van der Waals surface area contributed by atoms with Gasteiger partial charge in [-0.1, -0.05) is 0 Å². The maximum absolute atomic E-state index is 5.45. The summed E-state index contributed by atoms with van der Waals surface area (Å²) in [6.45, 7) is 4.69. The van der Waals surface area contributed by atoms with Gasteiger partial charge in [0.25, 0.3) is 0 Å². The molecule has 2 aromatic rings.